The van der Waals surface area contributed by atoms with Gasteiger partial charge < -0.3 is 11.1 Å². The summed E-state index contributed by atoms with van der Waals surface area (Å²) in [5, 5.41) is 13.0. The minimum Gasteiger partial charge on any atom is -0.393 e. The van der Waals surface area contributed by atoms with Crippen LogP contribution in [0.1, 0.15) is 10.4 Å². The molecule has 102 valence electrons. The van der Waals surface area contributed by atoms with Gasteiger partial charge in [-0.25, -0.2) is 4.39 Å². The first-order valence-electron chi connectivity index (χ1n) is 5.44. The molecule has 0 fully saturated rings. The molecule has 1 aromatic carbocycles. The number of rotatable bonds is 3. The molecule has 3 N–H and O–H groups in total. The predicted molar refractivity (Wildman–Crippen MR) is 69.7 cm³/mol. The first kappa shape index (κ1) is 13.4. The number of carbonyl (C=O) groups is 1. The van der Waals surface area contributed by atoms with Gasteiger partial charge in [0.15, 0.2) is 5.82 Å². The van der Waals surface area contributed by atoms with Crippen molar-refractivity contribution < 1.29 is 14.1 Å². The molecule has 2 rings (SSSR count). The molecular formula is C12H9FN4O3. The SMILES string of the molecule is Nc1c(C(=O)Nc2ccncc2F)cccc1[N+](=O)[O-]. The Bertz CT molecular complexity index is 690. The van der Waals surface area contributed by atoms with Crippen LogP contribution in [0.15, 0.2) is 36.7 Å². The molecule has 8 heteroatoms. The zero-order valence-electron chi connectivity index (χ0n) is 10.0. The number of nitrogen functional groups attached to an aromatic ring is 1. The third-order valence-corrected chi connectivity index (χ3v) is 2.55. The Kier molecular flexibility index (Phi) is 3.56. The number of hydrogen-bond acceptors (Lipinski definition) is 5. The monoisotopic (exact) mass is 276 g/mol. The first-order valence-corrected chi connectivity index (χ1v) is 5.44. The van der Waals surface area contributed by atoms with Crippen molar-refractivity contribution in [3.63, 3.8) is 0 Å². The first-order chi connectivity index (χ1) is 9.50. The highest BCUT2D eigenvalue weighted by molar-refractivity contribution is 6.08. The van der Waals surface area contributed by atoms with E-state index >= 15 is 0 Å². The Hall–Kier alpha value is -3.03. The Morgan fingerprint density at radius 3 is 2.80 bits per heavy atom. The van der Waals surface area contributed by atoms with Crippen molar-refractivity contribution in [3.05, 3.63) is 58.2 Å². The standard InChI is InChI=1S/C12H9FN4O3/c13-8-6-15-5-4-9(8)16-12(18)7-2-1-3-10(11(7)14)17(19)20/h1-6H,14H2,(H,15,16,18). The van der Waals surface area contributed by atoms with E-state index in [9.17, 15) is 19.3 Å². The van der Waals surface area contributed by atoms with Crippen LogP contribution in [0, 0.1) is 15.9 Å². The number of nitro benzene ring substituents is 1. The number of hydrogen-bond donors (Lipinski definition) is 2. The van der Waals surface area contributed by atoms with E-state index in [1.54, 1.807) is 0 Å². The molecule has 0 aliphatic heterocycles. The lowest BCUT2D eigenvalue weighted by atomic mass is 10.1. The van der Waals surface area contributed by atoms with Gasteiger partial charge in [-0.3, -0.25) is 19.9 Å². The van der Waals surface area contributed by atoms with E-state index in [2.05, 4.69) is 10.3 Å². The molecule has 0 radical (unpaired) electrons. The van der Waals surface area contributed by atoms with E-state index in [0.29, 0.717) is 0 Å². The van der Waals surface area contributed by atoms with Gasteiger partial charge in [-0.1, -0.05) is 6.07 Å². The van der Waals surface area contributed by atoms with Crippen LogP contribution in [0.3, 0.4) is 0 Å². The lowest BCUT2D eigenvalue weighted by Crippen LogP contribution is -2.15. The molecule has 0 unspecified atom stereocenters. The number of benzene rings is 1. The summed E-state index contributed by atoms with van der Waals surface area (Å²) in [5.74, 6) is -1.46. The zero-order chi connectivity index (χ0) is 14.7. The molecule has 0 aliphatic carbocycles. The van der Waals surface area contributed by atoms with Gasteiger partial charge in [0.25, 0.3) is 11.6 Å². The number of aromatic nitrogens is 1. The van der Waals surface area contributed by atoms with Gasteiger partial charge in [0.2, 0.25) is 0 Å². The van der Waals surface area contributed by atoms with E-state index in [1.807, 2.05) is 0 Å². The second-order valence-electron chi connectivity index (χ2n) is 3.81. The highest BCUT2D eigenvalue weighted by Gasteiger charge is 2.19. The number of pyridine rings is 1. The number of nitrogens with zero attached hydrogens (tertiary/aromatic N) is 2. The fourth-order valence-electron chi connectivity index (χ4n) is 1.58. The van der Waals surface area contributed by atoms with E-state index < -0.39 is 16.6 Å². The molecule has 0 saturated heterocycles. The Balaban J connectivity index is 2.33. The normalized spacial score (nSPS) is 10.1. The van der Waals surface area contributed by atoms with Crippen LogP contribution in [-0.2, 0) is 0 Å². The number of amides is 1. The van der Waals surface area contributed by atoms with E-state index in [4.69, 9.17) is 5.73 Å². The topological polar surface area (TPSA) is 111 Å². The maximum Gasteiger partial charge on any atom is 0.292 e. The number of halogens is 1. The fourth-order valence-corrected chi connectivity index (χ4v) is 1.58. The van der Waals surface area contributed by atoms with Crippen molar-refractivity contribution in [1.82, 2.24) is 4.98 Å². The number of nitrogens with two attached hydrogens (primary N) is 1. The van der Waals surface area contributed by atoms with Gasteiger partial charge in [0, 0.05) is 12.3 Å². The quantitative estimate of drug-likeness (QED) is 0.505. The van der Waals surface area contributed by atoms with Gasteiger partial charge in [-0.2, -0.15) is 0 Å². The average Bonchev–Trinajstić information content (AvgIpc) is 2.41. The van der Waals surface area contributed by atoms with Crippen molar-refractivity contribution in [2.45, 2.75) is 0 Å². The summed E-state index contributed by atoms with van der Waals surface area (Å²) in [4.78, 5) is 25.5. The highest BCUT2D eigenvalue weighted by Crippen LogP contribution is 2.25. The molecular weight excluding hydrogens is 267 g/mol. The second kappa shape index (κ2) is 5.31. The van der Waals surface area contributed by atoms with Crippen LogP contribution >= 0.6 is 0 Å². The molecule has 0 aliphatic rings. The maximum absolute atomic E-state index is 13.4. The molecule has 0 saturated carbocycles. The Morgan fingerprint density at radius 2 is 2.15 bits per heavy atom. The predicted octanol–water partition coefficient (Wildman–Crippen LogP) is 1.96. The van der Waals surface area contributed by atoms with Crippen LogP contribution < -0.4 is 11.1 Å². The lowest BCUT2D eigenvalue weighted by Gasteiger charge is -2.08. The molecule has 1 aromatic heterocycles. The third-order valence-electron chi connectivity index (χ3n) is 2.55. The largest absolute Gasteiger partial charge is 0.393 e. The second-order valence-corrected chi connectivity index (χ2v) is 3.81. The van der Waals surface area contributed by atoms with E-state index in [1.165, 1.54) is 30.5 Å². The molecule has 1 heterocycles. The van der Waals surface area contributed by atoms with Crippen LogP contribution in [0.2, 0.25) is 0 Å². The van der Waals surface area contributed by atoms with E-state index in [0.717, 1.165) is 6.20 Å². The van der Waals surface area contributed by atoms with Crippen LogP contribution in [0.25, 0.3) is 0 Å². The van der Waals surface area contributed by atoms with Crippen molar-refractivity contribution >= 4 is 23.0 Å². The average molecular weight is 276 g/mol. The van der Waals surface area contributed by atoms with Gasteiger partial charge in [0.1, 0.15) is 5.69 Å². The zero-order valence-corrected chi connectivity index (χ0v) is 10.0. The van der Waals surface area contributed by atoms with Crippen LogP contribution in [0.4, 0.5) is 21.5 Å². The summed E-state index contributed by atoms with van der Waals surface area (Å²) in [5.41, 5.74) is 4.72. The summed E-state index contributed by atoms with van der Waals surface area (Å²) in [7, 11) is 0. The van der Waals surface area contributed by atoms with Crippen molar-refractivity contribution in [1.29, 1.82) is 0 Å². The number of para-hydroxylation sites is 1. The molecule has 1 amide bonds. The van der Waals surface area contributed by atoms with Gasteiger partial charge >= 0.3 is 0 Å². The van der Waals surface area contributed by atoms with Crippen LogP contribution in [-0.4, -0.2) is 15.8 Å². The summed E-state index contributed by atoms with van der Waals surface area (Å²) in [6, 6.07) is 5.09. The molecule has 0 atom stereocenters. The highest BCUT2D eigenvalue weighted by atomic mass is 19.1. The molecule has 0 bridgehead atoms. The van der Waals surface area contributed by atoms with Gasteiger partial charge in [-0.15, -0.1) is 0 Å². The number of carbonyl (C=O) groups excluding carboxylic acids is 1. The smallest absolute Gasteiger partial charge is 0.292 e. The maximum atomic E-state index is 13.4. The summed E-state index contributed by atoms with van der Waals surface area (Å²) in [6.45, 7) is 0. The number of nitro groups is 1. The fraction of sp³-hybridized carbons (Fsp3) is 0. The Labute approximate surface area is 112 Å². The number of anilines is 2. The Morgan fingerprint density at radius 1 is 1.40 bits per heavy atom. The minimum absolute atomic E-state index is 0.0871. The molecule has 2 aromatic rings. The van der Waals surface area contributed by atoms with Crippen molar-refractivity contribution in [2.24, 2.45) is 0 Å². The van der Waals surface area contributed by atoms with Gasteiger partial charge in [-0.05, 0) is 12.1 Å². The summed E-state index contributed by atoms with van der Waals surface area (Å²) in [6.07, 6.45) is 2.24. The molecule has 20 heavy (non-hydrogen) atoms. The summed E-state index contributed by atoms with van der Waals surface area (Å²) < 4.78 is 13.4. The minimum atomic E-state index is -0.740. The van der Waals surface area contributed by atoms with Crippen LogP contribution in [0.5, 0.6) is 0 Å². The van der Waals surface area contributed by atoms with Crippen molar-refractivity contribution in [2.75, 3.05) is 11.1 Å². The third kappa shape index (κ3) is 2.53. The van der Waals surface area contributed by atoms with Gasteiger partial charge in [0.05, 0.1) is 22.4 Å². The molecule has 7 nitrogen and oxygen atoms in total. The number of nitrogens with one attached hydrogen (secondary N) is 1. The summed E-state index contributed by atoms with van der Waals surface area (Å²) >= 11 is 0. The molecule has 0 spiro atoms. The van der Waals surface area contributed by atoms with Crippen molar-refractivity contribution in [3.8, 4) is 0 Å². The van der Waals surface area contributed by atoms with E-state index in [-0.39, 0.29) is 22.6 Å². The lowest BCUT2D eigenvalue weighted by molar-refractivity contribution is -0.383.